The van der Waals surface area contributed by atoms with Crippen LogP contribution in [0.4, 0.5) is 5.69 Å². The van der Waals surface area contributed by atoms with Crippen molar-refractivity contribution in [3.05, 3.63) is 66.1 Å². The SMILES string of the molecule is Cc1cc(C(=O)N2C[C@@H](C)Oc3ncccc32)nn1-c1ccccc1. The van der Waals surface area contributed by atoms with Crippen LogP contribution in [0.2, 0.25) is 0 Å². The molecule has 1 aromatic carbocycles. The number of amides is 1. The molecule has 0 bridgehead atoms. The molecule has 1 atom stereocenters. The fourth-order valence-corrected chi connectivity index (χ4v) is 3.00. The molecule has 3 heterocycles. The highest BCUT2D eigenvalue weighted by Gasteiger charge is 2.30. The van der Waals surface area contributed by atoms with Crippen molar-refractivity contribution in [1.29, 1.82) is 0 Å². The quantitative estimate of drug-likeness (QED) is 0.723. The van der Waals surface area contributed by atoms with Gasteiger partial charge in [-0.2, -0.15) is 5.10 Å². The molecular formula is C19H18N4O2. The number of ether oxygens (including phenoxy) is 1. The first-order valence-electron chi connectivity index (χ1n) is 8.19. The van der Waals surface area contributed by atoms with Gasteiger partial charge in [-0.25, -0.2) is 9.67 Å². The molecule has 0 radical (unpaired) electrons. The first kappa shape index (κ1) is 15.4. The maximum Gasteiger partial charge on any atom is 0.279 e. The molecule has 0 unspecified atom stereocenters. The van der Waals surface area contributed by atoms with E-state index in [1.54, 1.807) is 21.8 Å². The number of carbonyl (C=O) groups is 1. The zero-order valence-corrected chi connectivity index (χ0v) is 14.1. The summed E-state index contributed by atoms with van der Waals surface area (Å²) in [5, 5.41) is 4.52. The Morgan fingerprint density at radius 2 is 2.00 bits per heavy atom. The van der Waals surface area contributed by atoms with Crippen molar-refractivity contribution in [3.8, 4) is 11.6 Å². The van der Waals surface area contributed by atoms with Gasteiger partial charge in [0.05, 0.1) is 12.2 Å². The number of nitrogens with zero attached hydrogens (tertiary/aromatic N) is 4. The number of fused-ring (bicyclic) bond motifs is 1. The van der Waals surface area contributed by atoms with Crippen molar-refractivity contribution in [3.63, 3.8) is 0 Å². The fraction of sp³-hybridized carbons (Fsp3) is 0.211. The van der Waals surface area contributed by atoms with Crippen molar-refractivity contribution in [2.45, 2.75) is 20.0 Å². The maximum atomic E-state index is 13.1. The van der Waals surface area contributed by atoms with E-state index in [-0.39, 0.29) is 12.0 Å². The molecule has 1 aliphatic rings. The van der Waals surface area contributed by atoms with E-state index in [0.29, 0.717) is 23.8 Å². The van der Waals surface area contributed by atoms with Crippen LogP contribution in [-0.2, 0) is 0 Å². The number of aromatic nitrogens is 3. The van der Waals surface area contributed by atoms with Crippen molar-refractivity contribution < 1.29 is 9.53 Å². The van der Waals surface area contributed by atoms with E-state index in [1.165, 1.54) is 0 Å². The van der Waals surface area contributed by atoms with Crippen LogP contribution < -0.4 is 9.64 Å². The Labute approximate surface area is 145 Å². The van der Waals surface area contributed by atoms with Gasteiger partial charge in [0.2, 0.25) is 5.88 Å². The summed E-state index contributed by atoms with van der Waals surface area (Å²) in [7, 11) is 0. The van der Waals surface area contributed by atoms with Crippen LogP contribution in [0, 0.1) is 6.92 Å². The molecule has 0 aliphatic carbocycles. The smallest absolute Gasteiger partial charge is 0.279 e. The average molecular weight is 334 g/mol. The number of aryl methyl sites for hydroxylation is 1. The fourth-order valence-electron chi connectivity index (χ4n) is 3.00. The van der Waals surface area contributed by atoms with Crippen LogP contribution in [0.5, 0.6) is 5.88 Å². The summed E-state index contributed by atoms with van der Waals surface area (Å²) in [4.78, 5) is 19.0. The number of anilines is 1. The van der Waals surface area contributed by atoms with E-state index < -0.39 is 0 Å². The lowest BCUT2D eigenvalue weighted by Gasteiger charge is -2.31. The number of rotatable bonds is 2. The van der Waals surface area contributed by atoms with Crippen LogP contribution in [-0.4, -0.2) is 33.3 Å². The molecule has 0 fully saturated rings. The summed E-state index contributed by atoms with van der Waals surface area (Å²) in [6.07, 6.45) is 1.54. The summed E-state index contributed by atoms with van der Waals surface area (Å²) in [5.74, 6) is 0.330. The Morgan fingerprint density at radius 1 is 1.20 bits per heavy atom. The highest BCUT2D eigenvalue weighted by molar-refractivity contribution is 6.05. The second-order valence-corrected chi connectivity index (χ2v) is 6.09. The van der Waals surface area contributed by atoms with Gasteiger partial charge in [-0.05, 0) is 44.2 Å². The molecule has 126 valence electrons. The summed E-state index contributed by atoms with van der Waals surface area (Å²) in [5.41, 5.74) is 2.92. The lowest BCUT2D eigenvalue weighted by molar-refractivity contribution is 0.0953. The molecule has 6 heteroatoms. The predicted octanol–water partition coefficient (Wildman–Crippen LogP) is 3.00. The van der Waals surface area contributed by atoms with Gasteiger partial charge in [0.25, 0.3) is 5.91 Å². The standard InChI is InChI=1S/C19H18N4O2/c1-13-11-16(21-23(13)15-7-4-3-5-8-15)19(24)22-12-14(2)25-18-17(22)9-6-10-20-18/h3-11,14H,12H2,1-2H3/t14-/m1/s1. The minimum absolute atomic E-state index is 0.122. The van der Waals surface area contributed by atoms with Crippen molar-refractivity contribution in [2.75, 3.05) is 11.4 Å². The van der Waals surface area contributed by atoms with E-state index >= 15 is 0 Å². The highest BCUT2D eigenvalue weighted by Crippen LogP contribution is 2.31. The molecule has 4 rings (SSSR count). The van der Waals surface area contributed by atoms with Crippen molar-refractivity contribution in [2.24, 2.45) is 0 Å². The van der Waals surface area contributed by atoms with Crippen LogP contribution in [0.3, 0.4) is 0 Å². The molecule has 0 saturated carbocycles. The molecule has 3 aromatic rings. The molecule has 0 N–H and O–H groups in total. The second kappa shape index (κ2) is 6.05. The largest absolute Gasteiger partial charge is 0.471 e. The van der Waals surface area contributed by atoms with Gasteiger partial charge in [-0.1, -0.05) is 18.2 Å². The average Bonchev–Trinajstić information content (AvgIpc) is 3.03. The van der Waals surface area contributed by atoms with E-state index in [0.717, 1.165) is 11.4 Å². The third-order valence-electron chi connectivity index (χ3n) is 4.15. The van der Waals surface area contributed by atoms with Gasteiger partial charge in [0.1, 0.15) is 11.8 Å². The number of para-hydroxylation sites is 1. The minimum atomic E-state index is -0.151. The Morgan fingerprint density at radius 3 is 2.80 bits per heavy atom. The Balaban J connectivity index is 1.71. The van der Waals surface area contributed by atoms with Gasteiger partial charge in [-0.15, -0.1) is 0 Å². The zero-order chi connectivity index (χ0) is 17.4. The first-order chi connectivity index (χ1) is 12.1. The van der Waals surface area contributed by atoms with Gasteiger partial charge in [0.15, 0.2) is 5.69 Å². The zero-order valence-electron chi connectivity index (χ0n) is 14.1. The molecule has 25 heavy (non-hydrogen) atoms. The van der Waals surface area contributed by atoms with Crippen molar-refractivity contribution >= 4 is 11.6 Å². The Kier molecular flexibility index (Phi) is 3.72. The van der Waals surface area contributed by atoms with Gasteiger partial charge in [0, 0.05) is 11.9 Å². The van der Waals surface area contributed by atoms with Crippen LogP contribution in [0.1, 0.15) is 23.1 Å². The maximum absolute atomic E-state index is 13.1. The number of hydrogen-bond donors (Lipinski definition) is 0. The normalized spacial score (nSPS) is 16.2. The number of hydrogen-bond acceptors (Lipinski definition) is 4. The van der Waals surface area contributed by atoms with E-state index in [9.17, 15) is 4.79 Å². The van der Waals surface area contributed by atoms with Crippen LogP contribution in [0.25, 0.3) is 5.69 Å². The van der Waals surface area contributed by atoms with Crippen LogP contribution in [0.15, 0.2) is 54.7 Å². The molecule has 0 spiro atoms. The Bertz CT molecular complexity index is 920. The molecular weight excluding hydrogens is 316 g/mol. The number of carbonyl (C=O) groups excluding carboxylic acids is 1. The monoisotopic (exact) mass is 334 g/mol. The van der Waals surface area contributed by atoms with Gasteiger partial charge in [-0.3, -0.25) is 9.69 Å². The van der Waals surface area contributed by atoms with Crippen LogP contribution >= 0.6 is 0 Å². The number of pyridine rings is 1. The summed E-state index contributed by atoms with van der Waals surface area (Å²) < 4.78 is 7.49. The minimum Gasteiger partial charge on any atom is -0.471 e. The summed E-state index contributed by atoms with van der Waals surface area (Å²) >= 11 is 0. The third-order valence-corrected chi connectivity index (χ3v) is 4.15. The second-order valence-electron chi connectivity index (χ2n) is 6.09. The molecule has 1 aliphatic heterocycles. The van der Waals surface area contributed by atoms with E-state index in [2.05, 4.69) is 10.1 Å². The molecule has 6 nitrogen and oxygen atoms in total. The molecule has 1 amide bonds. The van der Waals surface area contributed by atoms with Gasteiger partial charge < -0.3 is 4.74 Å². The van der Waals surface area contributed by atoms with Gasteiger partial charge >= 0.3 is 0 Å². The number of benzene rings is 1. The van der Waals surface area contributed by atoms with Crippen molar-refractivity contribution in [1.82, 2.24) is 14.8 Å². The summed E-state index contributed by atoms with van der Waals surface area (Å²) in [6.45, 7) is 4.33. The molecule has 2 aromatic heterocycles. The molecule has 0 saturated heterocycles. The van der Waals surface area contributed by atoms with E-state index in [1.807, 2.05) is 56.3 Å². The highest BCUT2D eigenvalue weighted by atomic mass is 16.5. The topological polar surface area (TPSA) is 60.3 Å². The first-order valence-corrected chi connectivity index (χ1v) is 8.19. The lowest BCUT2D eigenvalue weighted by atomic mass is 10.2. The predicted molar refractivity (Wildman–Crippen MR) is 94.3 cm³/mol. The third kappa shape index (κ3) is 2.76. The van der Waals surface area contributed by atoms with E-state index in [4.69, 9.17) is 4.74 Å². The summed E-state index contributed by atoms with van der Waals surface area (Å²) in [6, 6.07) is 15.2. The lowest BCUT2D eigenvalue weighted by Crippen LogP contribution is -2.42. The Hall–Kier alpha value is -3.15.